The van der Waals surface area contributed by atoms with Crippen molar-refractivity contribution in [3.63, 3.8) is 0 Å². The van der Waals surface area contributed by atoms with Crippen molar-refractivity contribution in [1.29, 1.82) is 0 Å². The highest BCUT2D eigenvalue weighted by Crippen LogP contribution is 2.15. The standard InChI is InChI=1S/C16H26N2O2/c1-6-7-12-18(14-10-8-13(2)9-11-14)17-15(19)20-16(3,4)5/h8-11H,6-7,12H2,1-5H3,(H,17,19). The molecule has 0 atom stereocenters. The summed E-state index contributed by atoms with van der Waals surface area (Å²) in [7, 11) is 0. The number of aryl methyl sites for hydroxylation is 1. The predicted molar refractivity (Wildman–Crippen MR) is 82.8 cm³/mol. The molecule has 0 spiro atoms. The number of unbranched alkanes of at least 4 members (excludes halogenated alkanes) is 1. The molecule has 4 heteroatoms. The van der Waals surface area contributed by atoms with E-state index in [0.29, 0.717) is 0 Å². The first-order valence-corrected chi connectivity index (χ1v) is 7.15. The SMILES string of the molecule is CCCCN(NC(=O)OC(C)(C)C)c1ccc(C)cc1. The van der Waals surface area contributed by atoms with Crippen molar-refractivity contribution in [2.24, 2.45) is 0 Å². The van der Waals surface area contributed by atoms with Crippen LogP contribution in [0.5, 0.6) is 0 Å². The largest absolute Gasteiger partial charge is 0.443 e. The third-order valence-corrected chi connectivity index (χ3v) is 2.71. The number of hydrogen-bond acceptors (Lipinski definition) is 3. The Bertz CT molecular complexity index is 421. The lowest BCUT2D eigenvalue weighted by atomic mass is 10.2. The molecule has 1 aromatic rings. The first kappa shape index (κ1) is 16.3. The van der Waals surface area contributed by atoms with E-state index >= 15 is 0 Å². The second kappa shape index (κ2) is 7.17. The van der Waals surface area contributed by atoms with Crippen LogP contribution in [0, 0.1) is 6.92 Å². The van der Waals surface area contributed by atoms with E-state index in [1.807, 2.05) is 57.0 Å². The maximum absolute atomic E-state index is 11.9. The second-order valence-electron chi connectivity index (χ2n) is 5.95. The molecular formula is C16H26N2O2. The molecule has 0 radical (unpaired) electrons. The van der Waals surface area contributed by atoms with Crippen molar-refractivity contribution in [2.75, 3.05) is 11.6 Å². The number of carbonyl (C=O) groups excluding carboxylic acids is 1. The number of nitrogens with zero attached hydrogens (tertiary/aromatic N) is 1. The molecule has 0 bridgehead atoms. The fraction of sp³-hybridized carbons (Fsp3) is 0.562. The Kier molecular flexibility index (Phi) is 5.86. The van der Waals surface area contributed by atoms with Gasteiger partial charge in [0.2, 0.25) is 0 Å². The zero-order valence-corrected chi connectivity index (χ0v) is 13.2. The maximum Gasteiger partial charge on any atom is 0.426 e. The van der Waals surface area contributed by atoms with E-state index in [1.165, 1.54) is 5.56 Å². The van der Waals surface area contributed by atoms with Crippen LogP contribution in [0.15, 0.2) is 24.3 Å². The van der Waals surface area contributed by atoms with Crippen LogP contribution in [0.4, 0.5) is 10.5 Å². The molecule has 0 saturated heterocycles. The van der Waals surface area contributed by atoms with Gasteiger partial charge in [-0.05, 0) is 46.2 Å². The minimum atomic E-state index is -0.492. The number of anilines is 1. The summed E-state index contributed by atoms with van der Waals surface area (Å²) in [5.74, 6) is 0. The fourth-order valence-corrected chi connectivity index (χ4v) is 1.70. The molecule has 1 amide bonds. The van der Waals surface area contributed by atoms with E-state index in [9.17, 15) is 4.79 Å². The highest BCUT2D eigenvalue weighted by molar-refractivity contribution is 5.70. The normalized spacial score (nSPS) is 11.1. The Morgan fingerprint density at radius 3 is 2.35 bits per heavy atom. The summed E-state index contributed by atoms with van der Waals surface area (Å²) >= 11 is 0. The third kappa shape index (κ3) is 5.95. The monoisotopic (exact) mass is 278 g/mol. The zero-order chi connectivity index (χ0) is 15.2. The number of benzene rings is 1. The molecule has 0 heterocycles. The number of rotatable bonds is 5. The topological polar surface area (TPSA) is 41.6 Å². The van der Waals surface area contributed by atoms with Crippen molar-refractivity contribution in [1.82, 2.24) is 5.43 Å². The minimum Gasteiger partial charge on any atom is -0.443 e. The fourth-order valence-electron chi connectivity index (χ4n) is 1.70. The number of hydrazine groups is 1. The number of ether oxygens (including phenoxy) is 1. The Hall–Kier alpha value is -1.71. The van der Waals surface area contributed by atoms with Gasteiger partial charge in [0.15, 0.2) is 0 Å². The molecule has 0 aromatic heterocycles. The van der Waals surface area contributed by atoms with Crippen molar-refractivity contribution in [2.45, 2.75) is 53.1 Å². The average molecular weight is 278 g/mol. The van der Waals surface area contributed by atoms with Gasteiger partial charge in [0.05, 0.1) is 5.69 Å². The van der Waals surface area contributed by atoms with Crippen molar-refractivity contribution < 1.29 is 9.53 Å². The van der Waals surface area contributed by atoms with Crippen LogP contribution in [-0.4, -0.2) is 18.2 Å². The molecule has 0 aliphatic rings. The third-order valence-electron chi connectivity index (χ3n) is 2.71. The van der Waals surface area contributed by atoms with Gasteiger partial charge in [0, 0.05) is 6.54 Å². The first-order valence-electron chi connectivity index (χ1n) is 7.15. The first-order chi connectivity index (χ1) is 9.31. The van der Waals surface area contributed by atoms with E-state index in [4.69, 9.17) is 4.74 Å². The highest BCUT2D eigenvalue weighted by Gasteiger charge is 2.18. The molecule has 1 aromatic carbocycles. The molecule has 0 fully saturated rings. The lowest BCUT2D eigenvalue weighted by Crippen LogP contribution is -2.45. The Balaban J connectivity index is 2.74. The molecule has 4 nitrogen and oxygen atoms in total. The number of nitrogens with one attached hydrogen (secondary N) is 1. The summed E-state index contributed by atoms with van der Waals surface area (Å²) in [5, 5.41) is 1.84. The van der Waals surface area contributed by atoms with Crippen LogP contribution in [-0.2, 0) is 4.74 Å². The minimum absolute atomic E-state index is 0.422. The number of carbonyl (C=O) groups is 1. The predicted octanol–water partition coefficient (Wildman–Crippen LogP) is 4.04. The van der Waals surface area contributed by atoms with Crippen molar-refractivity contribution in [3.05, 3.63) is 29.8 Å². The summed E-state index contributed by atoms with van der Waals surface area (Å²) in [6, 6.07) is 8.07. The van der Waals surface area contributed by atoms with Gasteiger partial charge >= 0.3 is 6.09 Å². The highest BCUT2D eigenvalue weighted by atomic mass is 16.6. The van der Waals surface area contributed by atoms with E-state index in [0.717, 1.165) is 25.1 Å². The van der Waals surface area contributed by atoms with Gasteiger partial charge in [-0.25, -0.2) is 10.2 Å². The summed E-state index contributed by atoms with van der Waals surface area (Å²) in [5.41, 5.74) is 4.49. The van der Waals surface area contributed by atoms with E-state index in [1.54, 1.807) is 0 Å². The van der Waals surface area contributed by atoms with Crippen LogP contribution >= 0.6 is 0 Å². The van der Waals surface area contributed by atoms with E-state index < -0.39 is 11.7 Å². The van der Waals surface area contributed by atoms with Gasteiger partial charge in [-0.15, -0.1) is 0 Å². The number of hydrogen-bond donors (Lipinski definition) is 1. The maximum atomic E-state index is 11.9. The Labute approximate surface area is 122 Å². The zero-order valence-electron chi connectivity index (χ0n) is 13.2. The molecule has 0 unspecified atom stereocenters. The van der Waals surface area contributed by atoms with Gasteiger partial charge < -0.3 is 4.74 Å². The molecule has 112 valence electrons. The average Bonchev–Trinajstić information content (AvgIpc) is 2.33. The quantitative estimate of drug-likeness (QED) is 0.826. The van der Waals surface area contributed by atoms with Gasteiger partial charge in [0.1, 0.15) is 5.60 Å². The van der Waals surface area contributed by atoms with Crippen molar-refractivity contribution in [3.8, 4) is 0 Å². The summed E-state index contributed by atoms with van der Waals surface area (Å²) in [4.78, 5) is 11.9. The molecular weight excluding hydrogens is 252 g/mol. The van der Waals surface area contributed by atoms with E-state index in [-0.39, 0.29) is 0 Å². The van der Waals surface area contributed by atoms with Crippen LogP contribution in [0.3, 0.4) is 0 Å². The van der Waals surface area contributed by atoms with Crippen LogP contribution < -0.4 is 10.4 Å². The second-order valence-corrected chi connectivity index (χ2v) is 5.95. The van der Waals surface area contributed by atoms with Crippen LogP contribution in [0.1, 0.15) is 46.1 Å². The Morgan fingerprint density at radius 2 is 1.85 bits per heavy atom. The molecule has 0 saturated carbocycles. The van der Waals surface area contributed by atoms with Gasteiger partial charge in [-0.1, -0.05) is 31.0 Å². The molecule has 1 N–H and O–H groups in total. The van der Waals surface area contributed by atoms with Crippen LogP contribution in [0.2, 0.25) is 0 Å². The van der Waals surface area contributed by atoms with Crippen LogP contribution in [0.25, 0.3) is 0 Å². The summed E-state index contributed by atoms with van der Waals surface area (Å²) in [6.45, 7) is 10.5. The lowest BCUT2D eigenvalue weighted by molar-refractivity contribution is 0.0521. The van der Waals surface area contributed by atoms with E-state index in [2.05, 4.69) is 12.3 Å². The number of amides is 1. The summed E-state index contributed by atoms with van der Waals surface area (Å²) in [6.07, 6.45) is 1.65. The Morgan fingerprint density at radius 1 is 1.25 bits per heavy atom. The smallest absolute Gasteiger partial charge is 0.426 e. The lowest BCUT2D eigenvalue weighted by Gasteiger charge is -2.27. The molecule has 0 aliphatic carbocycles. The summed E-state index contributed by atoms with van der Waals surface area (Å²) < 4.78 is 5.30. The van der Waals surface area contributed by atoms with Crippen molar-refractivity contribution >= 4 is 11.8 Å². The molecule has 1 rings (SSSR count). The van der Waals surface area contributed by atoms with Gasteiger partial charge in [-0.2, -0.15) is 0 Å². The van der Waals surface area contributed by atoms with Gasteiger partial charge in [-0.3, -0.25) is 5.01 Å². The molecule has 0 aliphatic heterocycles. The molecule has 20 heavy (non-hydrogen) atoms. The van der Waals surface area contributed by atoms with Gasteiger partial charge in [0.25, 0.3) is 0 Å².